The zero-order valence-electron chi connectivity index (χ0n) is 33.7. The van der Waals surface area contributed by atoms with E-state index in [4.69, 9.17) is 14.2 Å². The van der Waals surface area contributed by atoms with Crippen molar-refractivity contribution >= 4 is 17.9 Å². The minimum absolute atomic E-state index is 0.0350. The molecule has 0 spiro atoms. The van der Waals surface area contributed by atoms with E-state index in [1.807, 2.05) is 33.3 Å². The summed E-state index contributed by atoms with van der Waals surface area (Å²) in [6.45, 7) is 4.39. The first-order valence-corrected chi connectivity index (χ1v) is 20.3. The van der Waals surface area contributed by atoms with Crippen LogP contribution in [0.15, 0.2) is 60.8 Å². The van der Waals surface area contributed by atoms with Crippen LogP contribution in [-0.4, -0.2) is 80.6 Å². The zero-order chi connectivity index (χ0) is 38.5. The summed E-state index contributed by atoms with van der Waals surface area (Å²) in [5.74, 6) is -1.57. The molecule has 0 amide bonds. The van der Waals surface area contributed by atoms with Crippen molar-refractivity contribution in [3.8, 4) is 0 Å². The van der Waals surface area contributed by atoms with Crippen LogP contribution in [0, 0.1) is 0 Å². The number of hydrogen-bond acceptors (Lipinski definition) is 6. The molecule has 0 aromatic rings. The summed E-state index contributed by atoms with van der Waals surface area (Å²) in [7, 11) is 5.49. The minimum Gasteiger partial charge on any atom is -0.477 e. The number of carboxylic acids is 1. The highest BCUT2D eigenvalue weighted by atomic mass is 16.6. The van der Waals surface area contributed by atoms with Gasteiger partial charge >= 0.3 is 17.9 Å². The molecule has 2 unspecified atom stereocenters. The molecule has 52 heavy (non-hydrogen) atoms. The SMILES string of the molecule is CC/C=C/C/C=C/C/C=C/CCCCCCCCCCCCCC(=O)OCC(COCCC(C(=O)O)[N+](C)(C)C)OC(=O)CC/C=C/C/C=C/CC. The van der Waals surface area contributed by atoms with Gasteiger partial charge in [-0.3, -0.25) is 9.59 Å². The number of ether oxygens (including phenoxy) is 3. The van der Waals surface area contributed by atoms with Crippen molar-refractivity contribution in [2.45, 2.75) is 161 Å². The van der Waals surface area contributed by atoms with Crippen molar-refractivity contribution in [1.82, 2.24) is 0 Å². The number of aliphatic carboxylic acids is 1. The number of likely N-dealkylation sites (N-methyl/N-ethyl adjacent to an activating group) is 1. The van der Waals surface area contributed by atoms with Crippen molar-refractivity contribution in [3.05, 3.63) is 60.8 Å². The number of hydrogen-bond donors (Lipinski definition) is 1. The third-order valence-electron chi connectivity index (χ3n) is 8.68. The number of rotatable bonds is 35. The van der Waals surface area contributed by atoms with Crippen LogP contribution in [0.5, 0.6) is 0 Å². The molecule has 0 rings (SSSR count). The molecule has 0 aliphatic heterocycles. The van der Waals surface area contributed by atoms with Gasteiger partial charge in [0.1, 0.15) is 6.61 Å². The Hall–Kier alpha value is -2.97. The van der Waals surface area contributed by atoms with Crippen molar-refractivity contribution in [2.24, 2.45) is 0 Å². The fourth-order valence-corrected chi connectivity index (χ4v) is 5.58. The molecule has 0 bridgehead atoms. The van der Waals surface area contributed by atoms with Gasteiger partial charge in [0.05, 0.1) is 34.4 Å². The first-order chi connectivity index (χ1) is 25.1. The Morgan fingerprint density at radius 2 is 1.06 bits per heavy atom. The molecule has 0 saturated carbocycles. The van der Waals surface area contributed by atoms with E-state index in [0.717, 1.165) is 51.4 Å². The lowest BCUT2D eigenvalue weighted by Gasteiger charge is -2.31. The fraction of sp³-hybridized carbons (Fsp3) is 0.705. The third kappa shape index (κ3) is 32.9. The maximum absolute atomic E-state index is 12.5. The van der Waals surface area contributed by atoms with Crippen LogP contribution in [0.2, 0.25) is 0 Å². The second-order valence-corrected chi connectivity index (χ2v) is 14.5. The van der Waals surface area contributed by atoms with Gasteiger partial charge in [0.25, 0.3) is 0 Å². The Morgan fingerprint density at radius 3 is 1.58 bits per heavy atom. The summed E-state index contributed by atoms with van der Waals surface area (Å²) >= 11 is 0. The second-order valence-electron chi connectivity index (χ2n) is 14.5. The molecule has 0 radical (unpaired) electrons. The first kappa shape index (κ1) is 49.0. The van der Waals surface area contributed by atoms with E-state index in [1.165, 1.54) is 57.8 Å². The molecule has 0 aliphatic carbocycles. The lowest BCUT2D eigenvalue weighted by Crippen LogP contribution is -2.50. The Kier molecular flexibility index (Phi) is 33.1. The molecule has 1 N–H and O–H groups in total. The topological polar surface area (TPSA) is 99.1 Å². The third-order valence-corrected chi connectivity index (χ3v) is 8.68. The second kappa shape index (κ2) is 35.1. The molecule has 2 atom stereocenters. The Bertz CT molecular complexity index is 1040. The Labute approximate surface area is 318 Å². The largest absolute Gasteiger partial charge is 0.477 e. The highest BCUT2D eigenvalue weighted by molar-refractivity contribution is 5.72. The number of nitrogens with zero attached hydrogens (tertiary/aromatic N) is 1. The van der Waals surface area contributed by atoms with Crippen LogP contribution < -0.4 is 0 Å². The van der Waals surface area contributed by atoms with Crippen LogP contribution >= 0.6 is 0 Å². The van der Waals surface area contributed by atoms with Crippen LogP contribution in [0.1, 0.15) is 149 Å². The van der Waals surface area contributed by atoms with Gasteiger partial charge in [-0.15, -0.1) is 0 Å². The highest BCUT2D eigenvalue weighted by Crippen LogP contribution is 2.14. The van der Waals surface area contributed by atoms with E-state index in [9.17, 15) is 19.5 Å². The number of quaternary nitrogens is 1. The number of carbonyl (C=O) groups excluding carboxylic acids is 2. The molecule has 8 heteroatoms. The van der Waals surface area contributed by atoms with Crippen LogP contribution in [0.25, 0.3) is 0 Å². The molecular formula is C44H76NO7+. The average molecular weight is 731 g/mol. The van der Waals surface area contributed by atoms with E-state index in [1.54, 1.807) is 0 Å². The summed E-state index contributed by atoms with van der Waals surface area (Å²) < 4.78 is 17.1. The maximum atomic E-state index is 12.5. The van der Waals surface area contributed by atoms with Gasteiger partial charge in [0.2, 0.25) is 0 Å². The van der Waals surface area contributed by atoms with Crippen molar-refractivity contribution in [1.29, 1.82) is 0 Å². The molecule has 0 aliphatic rings. The summed E-state index contributed by atoms with van der Waals surface area (Å²) in [5, 5.41) is 9.57. The normalized spacial score (nSPS) is 13.6. The van der Waals surface area contributed by atoms with Gasteiger partial charge in [-0.2, -0.15) is 0 Å². The van der Waals surface area contributed by atoms with Crippen molar-refractivity contribution < 1.29 is 38.2 Å². The minimum atomic E-state index is -0.887. The average Bonchev–Trinajstić information content (AvgIpc) is 3.09. The van der Waals surface area contributed by atoms with Crippen molar-refractivity contribution in [3.63, 3.8) is 0 Å². The van der Waals surface area contributed by atoms with E-state index < -0.39 is 18.1 Å². The predicted octanol–water partition coefficient (Wildman–Crippen LogP) is 10.6. The number of carbonyl (C=O) groups is 3. The summed E-state index contributed by atoms with van der Waals surface area (Å²) in [4.78, 5) is 36.6. The molecular weight excluding hydrogens is 654 g/mol. The van der Waals surface area contributed by atoms with Gasteiger partial charge < -0.3 is 23.8 Å². The lowest BCUT2D eigenvalue weighted by molar-refractivity contribution is -0.887. The van der Waals surface area contributed by atoms with E-state index in [-0.39, 0.29) is 42.7 Å². The smallest absolute Gasteiger partial charge is 0.362 e. The lowest BCUT2D eigenvalue weighted by atomic mass is 10.0. The van der Waals surface area contributed by atoms with Gasteiger partial charge in [-0.05, 0) is 57.8 Å². The van der Waals surface area contributed by atoms with E-state index in [2.05, 4.69) is 62.5 Å². The zero-order valence-corrected chi connectivity index (χ0v) is 33.7. The summed E-state index contributed by atoms with van der Waals surface area (Å²) in [5.41, 5.74) is 0. The van der Waals surface area contributed by atoms with Gasteiger partial charge in [-0.1, -0.05) is 132 Å². The Morgan fingerprint density at radius 1 is 0.577 bits per heavy atom. The summed E-state index contributed by atoms with van der Waals surface area (Å²) in [6, 6.07) is -0.623. The molecule has 0 aromatic carbocycles. The van der Waals surface area contributed by atoms with Gasteiger partial charge in [0, 0.05) is 19.3 Å². The van der Waals surface area contributed by atoms with Crippen LogP contribution in [-0.2, 0) is 28.6 Å². The molecule has 298 valence electrons. The first-order valence-electron chi connectivity index (χ1n) is 20.3. The number of unbranched alkanes of at least 4 members (excludes halogenated alkanes) is 11. The standard InChI is InChI=1S/C44H75NO7/c1-6-8-10-12-14-15-16-17-18-19-20-21-22-23-24-25-26-27-29-30-32-34-42(46)51-39-40(38-50-37-36-41(44(48)49)45(3,4)5)52-43(47)35-33-31-28-13-11-9-7-2/h8-11,14-15,17-18,28,31,40-41H,6-7,12-13,16,19-27,29-30,32-39H2,1-5H3/p+1/b10-8+,11-9+,15-14+,18-17+,31-28+. The fourth-order valence-electron chi connectivity index (χ4n) is 5.58. The molecule has 0 heterocycles. The van der Waals surface area contributed by atoms with Crippen LogP contribution in [0.3, 0.4) is 0 Å². The monoisotopic (exact) mass is 731 g/mol. The summed E-state index contributed by atoms with van der Waals surface area (Å²) in [6.07, 6.45) is 41.7. The quantitative estimate of drug-likeness (QED) is 0.0300. The highest BCUT2D eigenvalue weighted by Gasteiger charge is 2.31. The van der Waals surface area contributed by atoms with E-state index >= 15 is 0 Å². The number of esters is 2. The molecule has 8 nitrogen and oxygen atoms in total. The van der Waals surface area contributed by atoms with Crippen LogP contribution in [0.4, 0.5) is 0 Å². The predicted molar refractivity (Wildman–Crippen MR) is 215 cm³/mol. The van der Waals surface area contributed by atoms with Gasteiger partial charge in [0.15, 0.2) is 12.1 Å². The van der Waals surface area contributed by atoms with E-state index in [0.29, 0.717) is 19.3 Å². The number of carboxylic acid groups (broad SMARTS) is 1. The van der Waals surface area contributed by atoms with Crippen molar-refractivity contribution in [2.75, 3.05) is 41.0 Å². The molecule has 0 fully saturated rings. The molecule has 0 saturated heterocycles. The maximum Gasteiger partial charge on any atom is 0.362 e. The Balaban J connectivity index is 4.20. The number of allylic oxidation sites excluding steroid dienone is 10. The van der Waals surface area contributed by atoms with Gasteiger partial charge in [-0.25, -0.2) is 4.79 Å². The molecule has 0 aromatic heterocycles.